The summed E-state index contributed by atoms with van der Waals surface area (Å²) in [5.74, 6) is 0. The summed E-state index contributed by atoms with van der Waals surface area (Å²) < 4.78 is 0. The first-order chi connectivity index (χ1) is 12.3. The molecule has 1 fully saturated rings. The van der Waals surface area contributed by atoms with Crippen molar-refractivity contribution in [3.05, 3.63) is 71.8 Å². The quantitative estimate of drug-likeness (QED) is 0.814. The third-order valence-corrected chi connectivity index (χ3v) is 5.75. The Hall–Kier alpha value is -1.68. The van der Waals surface area contributed by atoms with E-state index in [1.807, 2.05) is 0 Å². The zero-order valence-corrected chi connectivity index (χ0v) is 14.8. The summed E-state index contributed by atoms with van der Waals surface area (Å²) in [6.07, 6.45) is 4.37. The van der Waals surface area contributed by atoms with Crippen LogP contribution in [0, 0.1) is 0 Å². The van der Waals surface area contributed by atoms with Crippen LogP contribution in [0.2, 0.25) is 0 Å². The van der Waals surface area contributed by atoms with E-state index in [4.69, 9.17) is 0 Å². The summed E-state index contributed by atoms with van der Waals surface area (Å²) in [5.41, 5.74) is 2.87. The highest BCUT2D eigenvalue weighted by atomic mass is 16.3. The maximum absolute atomic E-state index is 9.33. The van der Waals surface area contributed by atoms with E-state index in [9.17, 15) is 10.2 Å². The summed E-state index contributed by atoms with van der Waals surface area (Å²) in [6, 6.07) is 22.2. The highest BCUT2D eigenvalue weighted by molar-refractivity contribution is 5.40. The van der Waals surface area contributed by atoms with Gasteiger partial charge in [0.05, 0.1) is 13.2 Å². The van der Waals surface area contributed by atoms with E-state index in [0.29, 0.717) is 19.1 Å². The Bertz CT molecular complexity index is 573. The van der Waals surface area contributed by atoms with Crippen molar-refractivity contribution in [1.82, 2.24) is 4.90 Å². The standard InChI is InChI=1S/C22H29NO2/c24-17-15-23(16-18-25)21-11-13-22(14-12-21,19-7-3-1-4-8-19)20-9-5-2-6-10-20/h1-10,21,24-25H,11-18H2. The summed E-state index contributed by atoms with van der Waals surface area (Å²) in [5, 5.41) is 18.7. The van der Waals surface area contributed by atoms with Crippen LogP contribution in [0.3, 0.4) is 0 Å². The molecule has 0 heterocycles. The number of nitrogens with zero attached hydrogens (tertiary/aromatic N) is 1. The first kappa shape index (κ1) is 18.1. The number of hydrogen-bond donors (Lipinski definition) is 2. The lowest BCUT2D eigenvalue weighted by Crippen LogP contribution is -2.45. The fourth-order valence-corrected chi connectivity index (χ4v) is 4.45. The Morgan fingerprint density at radius 3 is 1.60 bits per heavy atom. The van der Waals surface area contributed by atoms with Crippen molar-refractivity contribution in [2.45, 2.75) is 37.1 Å². The molecule has 0 aromatic heterocycles. The van der Waals surface area contributed by atoms with Crippen LogP contribution in [0.5, 0.6) is 0 Å². The molecule has 0 amide bonds. The predicted octanol–water partition coefficient (Wildman–Crippen LogP) is 3.20. The van der Waals surface area contributed by atoms with Crippen molar-refractivity contribution in [3.63, 3.8) is 0 Å². The number of benzene rings is 2. The van der Waals surface area contributed by atoms with Crippen LogP contribution in [0.1, 0.15) is 36.8 Å². The van der Waals surface area contributed by atoms with Crippen LogP contribution >= 0.6 is 0 Å². The van der Waals surface area contributed by atoms with Gasteiger partial charge < -0.3 is 10.2 Å². The maximum atomic E-state index is 9.33. The molecular weight excluding hydrogens is 310 g/mol. The molecular formula is C22H29NO2. The van der Waals surface area contributed by atoms with E-state index in [1.165, 1.54) is 11.1 Å². The minimum atomic E-state index is 0.0725. The third kappa shape index (κ3) is 3.95. The molecule has 3 rings (SSSR count). The lowest BCUT2D eigenvalue weighted by molar-refractivity contribution is 0.0893. The lowest BCUT2D eigenvalue weighted by atomic mass is 9.64. The summed E-state index contributed by atoms with van der Waals surface area (Å²) >= 11 is 0. The molecule has 25 heavy (non-hydrogen) atoms. The lowest BCUT2D eigenvalue weighted by Gasteiger charge is -2.44. The van der Waals surface area contributed by atoms with Gasteiger partial charge in [-0.3, -0.25) is 4.90 Å². The van der Waals surface area contributed by atoms with Gasteiger partial charge in [0, 0.05) is 24.5 Å². The van der Waals surface area contributed by atoms with Gasteiger partial charge in [-0.25, -0.2) is 0 Å². The molecule has 2 aromatic carbocycles. The molecule has 0 unspecified atom stereocenters. The van der Waals surface area contributed by atoms with Crippen molar-refractivity contribution in [1.29, 1.82) is 0 Å². The van der Waals surface area contributed by atoms with Crippen LogP contribution in [0.4, 0.5) is 0 Å². The average molecular weight is 339 g/mol. The minimum absolute atomic E-state index is 0.0725. The summed E-state index contributed by atoms with van der Waals surface area (Å²) in [6.45, 7) is 1.60. The van der Waals surface area contributed by atoms with Gasteiger partial charge in [-0.1, -0.05) is 60.7 Å². The largest absolute Gasteiger partial charge is 0.395 e. The SMILES string of the molecule is OCCN(CCO)C1CCC(c2ccccc2)(c2ccccc2)CC1. The molecule has 0 bridgehead atoms. The second-order valence-corrected chi connectivity index (χ2v) is 7.03. The van der Waals surface area contributed by atoms with Gasteiger partial charge in [0.1, 0.15) is 0 Å². The van der Waals surface area contributed by atoms with E-state index >= 15 is 0 Å². The molecule has 1 aliphatic carbocycles. The average Bonchev–Trinajstić information content (AvgIpc) is 2.69. The zero-order chi connectivity index (χ0) is 17.5. The molecule has 0 aliphatic heterocycles. The Balaban J connectivity index is 1.85. The van der Waals surface area contributed by atoms with Crippen LogP contribution in [0.15, 0.2) is 60.7 Å². The highest BCUT2D eigenvalue weighted by Crippen LogP contribution is 2.45. The van der Waals surface area contributed by atoms with Crippen LogP contribution < -0.4 is 0 Å². The van der Waals surface area contributed by atoms with Gasteiger partial charge in [-0.2, -0.15) is 0 Å². The number of aliphatic hydroxyl groups is 2. The van der Waals surface area contributed by atoms with Gasteiger partial charge in [0.2, 0.25) is 0 Å². The van der Waals surface area contributed by atoms with Gasteiger partial charge in [0.25, 0.3) is 0 Å². The second kappa shape index (κ2) is 8.61. The predicted molar refractivity (Wildman–Crippen MR) is 102 cm³/mol. The molecule has 0 atom stereocenters. The molecule has 0 spiro atoms. The first-order valence-electron chi connectivity index (χ1n) is 9.37. The van der Waals surface area contributed by atoms with Crippen LogP contribution in [0.25, 0.3) is 0 Å². The van der Waals surface area contributed by atoms with Gasteiger partial charge in [-0.05, 0) is 36.8 Å². The van der Waals surface area contributed by atoms with Crippen molar-refractivity contribution < 1.29 is 10.2 Å². The Kier molecular flexibility index (Phi) is 6.24. The van der Waals surface area contributed by atoms with E-state index in [2.05, 4.69) is 65.6 Å². The summed E-state index contributed by atoms with van der Waals surface area (Å²) in [4.78, 5) is 2.25. The monoisotopic (exact) mass is 339 g/mol. The van der Waals surface area contributed by atoms with Gasteiger partial charge in [-0.15, -0.1) is 0 Å². The molecule has 2 aromatic rings. The van der Waals surface area contributed by atoms with Crippen LogP contribution in [-0.2, 0) is 5.41 Å². The maximum Gasteiger partial charge on any atom is 0.0558 e. The Morgan fingerprint density at radius 1 is 0.760 bits per heavy atom. The van der Waals surface area contributed by atoms with Crippen molar-refractivity contribution >= 4 is 0 Å². The molecule has 3 nitrogen and oxygen atoms in total. The van der Waals surface area contributed by atoms with E-state index < -0.39 is 0 Å². The van der Waals surface area contributed by atoms with Crippen LogP contribution in [-0.4, -0.2) is 47.5 Å². The van der Waals surface area contributed by atoms with E-state index in [0.717, 1.165) is 25.7 Å². The molecule has 0 saturated heterocycles. The minimum Gasteiger partial charge on any atom is -0.395 e. The van der Waals surface area contributed by atoms with Crippen molar-refractivity contribution in [2.24, 2.45) is 0 Å². The summed E-state index contributed by atoms with van der Waals surface area (Å²) in [7, 11) is 0. The van der Waals surface area contributed by atoms with Crippen molar-refractivity contribution in [3.8, 4) is 0 Å². The smallest absolute Gasteiger partial charge is 0.0558 e. The molecule has 3 heteroatoms. The Labute approximate surface area is 150 Å². The first-order valence-corrected chi connectivity index (χ1v) is 9.37. The fourth-order valence-electron chi connectivity index (χ4n) is 4.45. The zero-order valence-electron chi connectivity index (χ0n) is 14.8. The topological polar surface area (TPSA) is 43.7 Å². The van der Waals surface area contributed by atoms with Crippen molar-refractivity contribution in [2.75, 3.05) is 26.3 Å². The molecule has 2 N–H and O–H groups in total. The molecule has 134 valence electrons. The highest BCUT2D eigenvalue weighted by Gasteiger charge is 2.39. The number of hydrogen-bond acceptors (Lipinski definition) is 3. The molecule has 1 aliphatic rings. The fraction of sp³-hybridized carbons (Fsp3) is 0.455. The molecule has 0 radical (unpaired) electrons. The molecule has 1 saturated carbocycles. The van der Waals surface area contributed by atoms with E-state index in [-0.39, 0.29) is 18.6 Å². The van der Waals surface area contributed by atoms with Gasteiger partial charge in [0.15, 0.2) is 0 Å². The van der Waals surface area contributed by atoms with Gasteiger partial charge >= 0.3 is 0 Å². The Morgan fingerprint density at radius 2 is 1.20 bits per heavy atom. The third-order valence-electron chi connectivity index (χ3n) is 5.75. The second-order valence-electron chi connectivity index (χ2n) is 7.03. The normalized spacial score (nSPS) is 17.7. The van der Waals surface area contributed by atoms with E-state index in [1.54, 1.807) is 0 Å². The number of aliphatic hydroxyl groups excluding tert-OH is 2. The number of rotatable bonds is 7.